The summed E-state index contributed by atoms with van der Waals surface area (Å²) in [7, 11) is 1.70. The third kappa shape index (κ3) is 1.68. The second-order valence-electron chi connectivity index (χ2n) is 3.90. The van der Waals surface area contributed by atoms with Crippen molar-refractivity contribution in [2.45, 2.75) is 25.3 Å². The SMILES string of the molecule is COC[C@@H](N)c1cccc2c1CCC2. The molecular formula is C12H17NO. The topological polar surface area (TPSA) is 35.2 Å². The zero-order valence-electron chi connectivity index (χ0n) is 8.62. The summed E-state index contributed by atoms with van der Waals surface area (Å²) in [5.41, 5.74) is 10.3. The summed E-state index contributed by atoms with van der Waals surface area (Å²) < 4.78 is 5.09. The Kier molecular flexibility index (Phi) is 2.85. The van der Waals surface area contributed by atoms with Crippen LogP contribution >= 0.6 is 0 Å². The second kappa shape index (κ2) is 4.11. The van der Waals surface area contributed by atoms with E-state index in [0.717, 1.165) is 0 Å². The van der Waals surface area contributed by atoms with Crippen LogP contribution in [0.2, 0.25) is 0 Å². The molecule has 2 nitrogen and oxygen atoms in total. The highest BCUT2D eigenvalue weighted by atomic mass is 16.5. The molecule has 0 radical (unpaired) electrons. The Morgan fingerprint density at radius 3 is 3.07 bits per heavy atom. The van der Waals surface area contributed by atoms with Gasteiger partial charge < -0.3 is 10.5 Å². The highest BCUT2D eigenvalue weighted by molar-refractivity contribution is 5.40. The van der Waals surface area contributed by atoms with Gasteiger partial charge in [0.25, 0.3) is 0 Å². The van der Waals surface area contributed by atoms with Gasteiger partial charge in [-0.1, -0.05) is 18.2 Å². The predicted octanol–water partition coefficient (Wildman–Crippen LogP) is 1.82. The Morgan fingerprint density at radius 1 is 1.43 bits per heavy atom. The fraction of sp³-hybridized carbons (Fsp3) is 0.500. The van der Waals surface area contributed by atoms with Crippen molar-refractivity contribution in [3.63, 3.8) is 0 Å². The van der Waals surface area contributed by atoms with Crippen LogP contribution in [0.4, 0.5) is 0 Å². The first-order chi connectivity index (χ1) is 6.83. The lowest BCUT2D eigenvalue weighted by atomic mass is 9.98. The van der Waals surface area contributed by atoms with E-state index in [-0.39, 0.29) is 6.04 Å². The highest BCUT2D eigenvalue weighted by Crippen LogP contribution is 2.28. The molecule has 0 amide bonds. The van der Waals surface area contributed by atoms with E-state index in [9.17, 15) is 0 Å². The maximum atomic E-state index is 6.05. The largest absolute Gasteiger partial charge is 0.383 e. The second-order valence-corrected chi connectivity index (χ2v) is 3.90. The van der Waals surface area contributed by atoms with E-state index < -0.39 is 0 Å². The molecule has 0 saturated carbocycles. The lowest BCUT2D eigenvalue weighted by Crippen LogP contribution is -2.17. The molecule has 0 saturated heterocycles. The minimum absolute atomic E-state index is 0.0352. The van der Waals surface area contributed by atoms with Crippen LogP contribution in [-0.2, 0) is 17.6 Å². The van der Waals surface area contributed by atoms with Crippen molar-refractivity contribution in [1.82, 2.24) is 0 Å². The van der Waals surface area contributed by atoms with Crippen LogP contribution in [0.5, 0.6) is 0 Å². The maximum absolute atomic E-state index is 6.05. The van der Waals surface area contributed by atoms with Crippen molar-refractivity contribution in [1.29, 1.82) is 0 Å². The van der Waals surface area contributed by atoms with Crippen molar-refractivity contribution >= 4 is 0 Å². The van der Waals surface area contributed by atoms with Gasteiger partial charge in [-0.3, -0.25) is 0 Å². The Hall–Kier alpha value is -0.860. The maximum Gasteiger partial charge on any atom is 0.0655 e. The van der Waals surface area contributed by atoms with E-state index in [0.29, 0.717) is 6.61 Å². The summed E-state index contributed by atoms with van der Waals surface area (Å²) in [5.74, 6) is 0. The van der Waals surface area contributed by atoms with E-state index in [1.807, 2.05) is 0 Å². The molecule has 76 valence electrons. The summed E-state index contributed by atoms with van der Waals surface area (Å²) in [6, 6.07) is 6.49. The van der Waals surface area contributed by atoms with Crippen molar-refractivity contribution in [3.8, 4) is 0 Å². The molecule has 2 rings (SSSR count). The van der Waals surface area contributed by atoms with Gasteiger partial charge >= 0.3 is 0 Å². The Balaban J connectivity index is 2.29. The minimum Gasteiger partial charge on any atom is -0.383 e. The fourth-order valence-corrected chi connectivity index (χ4v) is 2.27. The fourth-order valence-electron chi connectivity index (χ4n) is 2.27. The zero-order chi connectivity index (χ0) is 9.97. The molecule has 2 N–H and O–H groups in total. The molecule has 0 heterocycles. The van der Waals surface area contributed by atoms with Gasteiger partial charge in [-0.25, -0.2) is 0 Å². The first kappa shape index (κ1) is 9.69. The molecule has 0 spiro atoms. The molecule has 1 aromatic rings. The summed E-state index contributed by atoms with van der Waals surface area (Å²) in [5, 5.41) is 0. The first-order valence-electron chi connectivity index (χ1n) is 5.18. The van der Waals surface area contributed by atoms with Crippen LogP contribution in [0.1, 0.15) is 29.2 Å². The molecule has 0 aromatic heterocycles. The molecular weight excluding hydrogens is 174 g/mol. The number of methoxy groups -OCH3 is 1. The summed E-state index contributed by atoms with van der Waals surface area (Å²) in [6.45, 7) is 0.608. The Bertz CT molecular complexity index is 322. The standard InChI is InChI=1S/C12H17NO/c1-14-8-12(13)11-7-3-5-9-4-2-6-10(9)11/h3,5,7,12H,2,4,6,8,13H2,1H3/t12-/m1/s1. The van der Waals surface area contributed by atoms with Crippen LogP contribution in [0.25, 0.3) is 0 Å². The summed E-state index contributed by atoms with van der Waals surface area (Å²) in [6.07, 6.45) is 3.66. The van der Waals surface area contributed by atoms with E-state index in [1.54, 1.807) is 7.11 Å². The molecule has 0 unspecified atom stereocenters. The lowest BCUT2D eigenvalue weighted by Gasteiger charge is -2.15. The number of aryl methyl sites for hydroxylation is 1. The van der Waals surface area contributed by atoms with E-state index in [1.165, 1.54) is 36.0 Å². The van der Waals surface area contributed by atoms with Crippen LogP contribution < -0.4 is 5.73 Å². The third-order valence-electron chi connectivity index (χ3n) is 2.93. The van der Waals surface area contributed by atoms with Gasteiger partial charge in [-0.2, -0.15) is 0 Å². The minimum atomic E-state index is 0.0352. The normalized spacial score (nSPS) is 16.7. The average Bonchev–Trinajstić information content (AvgIpc) is 2.65. The van der Waals surface area contributed by atoms with Crippen LogP contribution in [0.15, 0.2) is 18.2 Å². The van der Waals surface area contributed by atoms with Gasteiger partial charge in [-0.05, 0) is 36.0 Å². The predicted molar refractivity (Wildman–Crippen MR) is 57.3 cm³/mol. The van der Waals surface area contributed by atoms with Gasteiger partial charge in [0.1, 0.15) is 0 Å². The number of benzene rings is 1. The van der Waals surface area contributed by atoms with E-state index in [2.05, 4.69) is 18.2 Å². The molecule has 1 atom stereocenters. The van der Waals surface area contributed by atoms with E-state index in [4.69, 9.17) is 10.5 Å². The highest BCUT2D eigenvalue weighted by Gasteiger charge is 2.17. The molecule has 2 heteroatoms. The van der Waals surface area contributed by atoms with Crippen LogP contribution in [-0.4, -0.2) is 13.7 Å². The van der Waals surface area contributed by atoms with Crippen molar-refractivity contribution in [3.05, 3.63) is 34.9 Å². The quantitative estimate of drug-likeness (QED) is 0.791. The first-order valence-corrected chi connectivity index (χ1v) is 5.18. The van der Waals surface area contributed by atoms with Gasteiger partial charge in [0.2, 0.25) is 0 Å². The number of ether oxygens (including phenoxy) is 1. The monoisotopic (exact) mass is 191 g/mol. The van der Waals surface area contributed by atoms with Crippen LogP contribution in [0, 0.1) is 0 Å². The molecule has 14 heavy (non-hydrogen) atoms. The third-order valence-corrected chi connectivity index (χ3v) is 2.93. The smallest absolute Gasteiger partial charge is 0.0655 e. The average molecular weight is 191 g/mol. The molecule has 1 aliphatic rings. The Labute approximate surface area is 85.1 Å². The lowest BCUT2D eigenvalue weighted by molar-refractivity contribution is 0.180. The Morgan fingerprint density at radius 2 is 2.29 bits per heavy atom. The molecule has 0 bridgehead atoms. The number of hydrogen-bond donors (Lipinski definition) is 1. The van der Waals surface area contributed by atoms with Gasteiger partial charge in [0.05, 0.1) is 12.6 Å². The van der Waals surface area contributed by atoms with Gasteiger partial charge in [0.15, 0.2) is 0 Å². The number of nitrogens with two attached hydrogens (primary N) is 1. The summed E-state index contributed by atoms with van der Waals surface area (Å²) in [4.78, 5) is 0. The number of fused-ring (bicyclic) bond motifs is 1. The molecule has 1 aliphatic carbocycles. The van der Waals surface area contributed by atoms with Crippen molar-refractivity contribution in [2.24, 2.45) is 5.73 Å². The summed E-state index contributed by atoms with van der Waals surface area (Å²) >= 11 is 0. The molecule has 0 aliphatic heterocycles. The number of hydrogen-bond acceptors (Lipinski definition) is 2. The molecule has 1 aromatic carbocycles. The van der Waals surface area contributed by atoms with E-state index >= 15 is 0 Å². The van der Waals surface area contributed by atoms with Gasteiger partial charge in [-0.15, -0.1) is 0 Å². The van der Waals surface area contributed by atoms with Gasteiger partial charge in [0, 0.05) is 7.11 Å². The molecule has 0 fully saturated rings. The van der Waals surface area contributed by atoms with Crippen LogP contribution in [0.3, 0.4) is 0 Å². The zero-order valence-corrected chi connectivity index (χ0v) is 8.62. The van der Waals surface area contributed by atoms with Crippen molar-refractivity contribution in [2.75, 3.05) is 13.7 Å². The number of rotatable bonds is 3. The van der Waals surface area contributed by atoms with Crippen molar-refractivity contribution < 1.29 is 4.74 Å².